The van der Waals surface area contributed by atoms with E-state index in [1.54, 1.807) is 6.47 Å². The molecule has 1 radical (unpaired) electrons. The van der Waals surface area contributed by atoms with Crippen LogP contribution in [0.1, 0.15) is 39.0 Å². The Morgan fingerprint density at radius 1 is 1.67 bits per heavy atom. The lowest BCUT2D eigenvalue weighted by Crippen LogP contribution is -2.31. The standard InChI is InChI=1S/C10H15O2/c1-2-10-4-3-8(6-10)5-9(10)12-7-11/h8-9H,2-6H2,1H3. The molecular formula is C10H15O2. The number of hydrogen-bond acceptors (Lipinski definition) is 2. The van der Waals surface area contributed by atoms with Crippen LogP contribution in [0.5, 0.6) is 0 Å². The smallest absolute Gasteiger partial charge is 0.417 e. The van der Waals surface area contributed by atoms with Crippen LogP contribution >= 0.6 is 0 Å². The molecule has 0 amide bonds. The van der Waals surface area contributed by atoms with Gasteiger partial charge in [0.05, 0.1) is 0 Å². The lowest BCUT2D eigenvalue weighted by molar-refractivity contribution is 0.0458. The second-order valence-electron chi connectivity index (χ2n) is 4.25. The van der Waals surface area contributed by atoms with Gasteiger partial charge in [-0.1, -0.05) is 6.92 Å². The summed E-state index contributed by atoms with van der Waals surface area (Å²) in [5.41, 5.74) is 0.335. The van der Waals surface area contributed by atoms with Crippen LogP contribution < -0.4 is 0 Å². The third kappa shape index (κ3) is 0.970. The van der Waals surface area contributed by atoms with Crippen molar-refractivity contribution in [3.63, 3.8) is 0 Å². The molecule has 0 saturated heterocycles. The minimum Gasteiger partial charge on any atom is -0.453 e. The molecule has 2 saturated carbocycles. The largest absolute Gasteiger partial charge is 0.453 e. The van der Waals surface area contributed by atoms with Crippen molar-refractivity contribution < 1.29 is 9.53 Å². The predicted molar refractivity (Wildman–Crippen MR) is 45.2 cm³/mol. The van der Waals surface area contributed by atoms with E-state index < -0.39 is 0 Å². The van der Waals surface area contributed by atoms with Crippen LogP contribution in [0.25, 0.3) is 0 Å². The molecule has 0 aromatic rings. The fourth-order valence-corrected chi connectivity index (χ4v) is 3.10. The fraction of sp³-hybridized carbons (Fsp3) is 0.900. The Kier molecular flexibility index (Phi) is 1.85. The van der Waals surface area contributed by atoms with E-state index in [-0.39, 0.29) is 6.10 Å². The lowest BCUT2D eigenvalue weighted by atomic mass is 9.79. The molecular weight excluding hydrogens is 152 g/mol. The Morgan fingerprint density at radius 3 is 3.08 bits per heavy atom. The number of ether oxygens (including phenoxy) is 1. The SMILES string of the molecule is CCC12CCC(CC1O[C]=O)C2. The summed E-state index contributed by atoms with van der Waals surface area (Å²) < 4.78 is 5.03. The van der Waals surface area contributed by atoms with Gasteiger partial charge in [0.15, 0.2) is 0 Å². The van der Waals surface area contributed by atoms with E-state index in [1.807, 2.05) is 0 Å². The van der Waals surface area contributed by atoms with Crippen LogP contribution in [0.4, 0.5) is 0 Å². The molecule has 3 unspecified atom stereocenters. The molecule has 0 heterocycles. The van der Waals surface area contributed by atoms with Crippen LogP contribution in [0.15, 0.2) is 0 Å². The van der Waals surface area contributed by atoms with Crippen molar-refractivity contribution >= 4 is 6.47 Å². The molecule has 0 aliphatic heterocycles. The zero-order valence-corrected chi connectivity index (χ0v) is 7.51. The van der Waals surface area contributed by atoms with Crippen molar-refractivity contribution in [2.24, 2.45) is 11.3 Å². The minimum atomic E-state index is 0.179. The minimum absolute atomic E-state index is 0.179. The monoisotopic (exact) mass is 167 g/mol. The van der Waals surface area contributed by atoms with Gasteiger partial charge in [0.2, 0.25) is 0 Å². The van der Waals surface area contributed by atoms with Gasteiger partial charge in [0.1, 0.15) is 6.10 Å². The van der Waals surface area contributed by atoms with Crippen molar-refractivity contribution in [2.45, 2.75) is 45.1 Å². The van der Waals surface area contributed by atoms with Crippen molar-refractivity contribution in [3.05, 3.63) is 0 Å². The molecule has 0 aromatic carbocycles. The van der Waals surface area contributed by atoms with E-state index in [0.717, 1.165) is 18.8 Å². The van der Waals surface area contributed by atoms with Crippen LogP contribution in [0, 0.1) is 11.3 Å². The molecule has 67 valence electrons. The predicted octanol–water partition coefficient (Wildman–Crippen LogP) is 2.04. The Labute approximate surface area is 73.3 Å². The topological polar surface area (TPSA) is 26.3 Å². The molecule has 2 bridgehead atoms. The highest BCUT2D eigenvalue weighted by Gasteiger charge is 2.52. The Bertz CT molecular complexity index is 190. The van der Waals surface area contributed by atoms with Crippen LogP contribution in [-0.4, -0.2) is 12.6 Å². The van der Waals surface area contributed by atoms with E-state index in [4.69, 9.17) is 4.74 Å². The summed E-state index contributed by atoms with van der Waals surface area (Å²) >= 11 is 0. The summed E-state index contributed by atoms with van der Waals surface area (Å²) in [5, 5.41) is 0. The van der Waals surface area contributed by atoms with Crippen molar-refractivity contribution in [1.29, 1.82) is 0 Å². The summed E-state index contributed by atoms with van der Waals surface area (Å²) in [5.74, 6) is 0.822. The third-order valence-electron chi connectivity index (χ3n) is 3.87. The van der Waals surface area contributed by atoms with E-state index in [2.05, 4.69) is 6.92 Å². The Hall–Kier alpha value is -0.530. The quantitative estimate of drug-likeness (QED) is 0.643. The Balaban J connectivity index is 2.11. The highest BCUT2D eigenvalue weighted by Crippen LogP contribution is 2.56. The number of fused-ring (bicyclic) bond motifs is 2. The average molecular weight is 167 g/mol. The van der Waals surface area contributed by atoms with Gasteiger partial charge >= 0.3 is 6.47 Å². The summed E-state index contributed by atoms with van der Waals surface area (Å²) in [6, 6.07) is 0. The number of rotatable bonds is 3. The molecule has 12 heavy (non-hydrogen) atoms. The van der Waals surface area contributed by atoms with Crippen molar-refractivity contribution in [3.8, 4) is 0 Å². The average Bonchev–Trinajstić information content (AvgIpc) is 2.62. The summed E-state index contributed by atoms with van der Waals surface area (Å²) in [4.78, 5) is 10.1. The summed E-state index contributed by atoms with van der Waals surface area (Å²) in [6.45, 7) is 3.81. The zero-order chi connectivity index (χ0) is 8.60. The molecule has 0 spiro atoms. The van der Waals surface area contributed by atoms with Gasteiger partial charge in [-0.15, -0.1) is 0 Å². The molecule has 0 aromatic heterocycles. The molecule has 2 heteroatoms. The van der Waals surface area contributed by atoms with Gasteiger partial charge in [-0.3, -0.25) is 0 Å². The van der Waals surface area contributed by atoms with Gasteiger partial charge in [-0.05, 0) is 38.0 Å². The van der Waals surface area contributed by atoms with Gasteiger partial charge in [-0.2, -0.15) is 0 Å². The van der Waals surface area contributed by atoms with Gasteiger partial charge in [-0.25, -0.2) is 4.79 Å². The van der Waals surface area contributed by atoms with E-state index in [9.17, 15) is 4.79 Å². The number of hydrogen-bond donors (Lipinski definition) is 0. The second kappa shape index (κ2) is 2.75. The second-order valence-corrected chi connectivity index (χ2v) is 4.25. The first-order valence-electron chi connectivity index (χ1n) is 4.83. The third-order valence-corrected chi connectivity index (χ3v) is 3.87. The highest BCUT2D eigenvalue weighted by atomic mass is 16.5. The van der Waals surface area contributed by atoms with Crippen LogP contribution in [-0.2, 0) is 9.53 Å². The van der Waals surface area contributed by atoms with Gasteiger partial charge in [0, 0.05) is 5.41 Å². The first-order valence-corrected chi connectivity index (χ1v) is 4.83. The van der Waals surface area contributed by atoms with E-state index in [0.29, 0.717) is 5.41 Å². The molecule has 2 fully saturated rings. The van der Waals surface area contributed by atoms with E-state index >= 15 is 0 Å². The molecule has 2 rings (SSSR count). The normalized spacial score (nSPS) is 44.8. The van der Waals surface area contributed by atoms with E-state index in [1.165, 1.54) is 19.3 Å². The summed E-state index contributed by atoms with van der Waals surface area (Å²) in [6.07, 6.45) is 6.28. The van der Waals surface area contributed by atoms with Gasteiger partial charge < -0.3 is 4.74 Å². The first kappa shape index (κ1) is 8.09. The van der Waals surface area contributed by atoms with Crippen LogP contribution in [0.3, 0.4) is 0 Å². The maximum atomic E-state index is 10.1. The molecule has 2 nitrogen and oxygen atoms in total. The zero-order valence-electron chi connectivity index (χ0n) is 7.51. The maximum Gasteiger partial charge on any atom is 0.417 e. The van der Waals surface area contributed by atoms with Crippen molar-refractivity contribution in [2.75, 3.05) is 0 Å². The molecule has 3 atom stereocenters. The summed E-state index contributed by atoms with van der Waals surface area (Å²) in [7, 11) is 0. The van der Waals surface area contributed by atoms with Gasteiger partial charge in [0.25, 0.3) is 0 Å². The molecule has 2 aliphatic rings. The highest BCUT2D eigenvalue weighted by molar-refractivity contribution is 5.39. The molecule has 2 aliphatic carbocycles. The molecule has 0 N–H and O–H groups in total. The lowest BCUT2D eigenvalue weighted by Gasteiger charge is -2.32. The van der Waals surface area contributed by atoms with Crippen molar-refractivity contribution in [1.82, 2.24) is 0 Å². The Morgan fingerprint density at radius 2 is 2.50 bits per heavy atom. The van der Waals surface area contributed by atoms with Crippen LogP contribution in [0.2, 0.25) is 0 Å². The fourth-order valence-electron chi connectivity index (χ4n) is 3.10. The first-order chi connectivity index (χ1) is 5.80. The maximum absolute atomic E-state index is 10.1. The number of carbonyl (C=O) groups excluding carboxylic acids is 1.